The van der Waals surface area contributed by atoms with Crippen molar-refractivity contribution in [3.05, 3.63) is 0 Å². The zero-order valence-electron chi connectivity index (χ0n) is 13.2. The van der Waals surface area contributed by atoms with Crippen LogP contribution in [0.25, 0.3) is 0 Å². The first-order chi connectivity index (χ1) is 8.94. The van der Waals surface area contributed by atoms with Gasteiger partial charge in [-0.05, 0) is 45.2 Å². The van der Waals surface area contributed by atoms with Crippen molar-refractivity contribution >= 4 is 5.97 Å². The Morgan fingerprint density at radius 3 is 2.74 bits per heavy atom. The number of esters is 1. The van der Waals surface area contributed by atoms with Crippen LogP contribution in [0.3, 0.4) is 0 Å². The summed E-state index contributed by atoms with van der Waals surface area (Å²) in [7, 11) is 1.47. The summed E-state index contributed by atoms with van der Waals surface area (Å²) in [5, 5.41) is 3.37. The molecular formula is C15H30N2O2. The average Bonchev–Trinajstić information content (AvgIpc) is 2.83. The van der Waals surface area contributed by atoms with Crippen LogP contribution >= 0.6 is 0 Å². The predicted octanol–water partition coefficient (Wildman–Crippen LogP) is 2.04. The molecule has 1 fully saturated rings. The average molecular weight is 270 g/mol. The van der Waals surface area contributed by atoms with Gasteiger partial charge in [0.15, 0.2) is 0 Å². The third-order valence-corrected chi connectivity index (χ3v) is 4.10. The van der Waals surface area contributed by atoms with Gasteiger partial charge in [0.05, 0.1) is 7.11 Å². The molecule has 1 N–H and O–H groups in total. The topological polar surface area (TPSA) is 41.6 Å². The van der Waals surface area contributed by atoms with Gasteiger partial charge in [-0.15, -0.1) is 0 Å². The summed E-state index contributed by atoms with van der Waals surface area (Å²) in [4.78, 5) is 14.5. The van der Waals surface area contributed by atoms with Gasteiger partial charge in [-0.2, -0.15) is 0 Å². The first-order valence-corrected chi connectivity index (χ1v) is 7.52. The van der Waals surface area contributed by atoms with E-state index in [-0.39, 0.29) is 5.97 Å². The van der Waals surface area contributed by atoms with Crippen LogP contribution < -0.4 is 5.32 Å². The van der Waals surface area contributed by atoms with Crippen molar-refractivity contribution in [3.8, 4) is 0 Å². The summed E-state index contributed by atoms with van der Waals surface area (Å²) < 4.78 is 4.99. The molecule has 0 bridgehead atoms. The molecular weight excluding hydrogens is 240 g/mol. The highest BCUT2D eigenvalue weighted by Crippen LogP contribution is 2.25. The number of hydrogen-bond acceptors (Lipinski definition) is 4. The van der Waals surface area contributed by atoms with E-state index >= 15 is 0 Å². The Labute approximate surface area is 117 Å². The lowest BCUT2D eigenvalue weighted by molar-refractivity contribution is -0.149. The van der Waals surface area contributed by atoms with Crippen molar-refractivity contribution in [1.29, 1.82) is 0 Å². The summed E-state index contributed by atoms with van der Waals surface area (Å²) in [5.74, 6) is 0.478. The third kappa shape index (κ3) is 4.18. The minimum atomic E-state index is -0.595. The van der Waals surface area contributed by atoms with Crippen LogP contribution in [-0.2, 0) is 9.53 Å². The third-order valence-electron chi connectivity index (χ3n) is 4.10. The van der Waals surface area contributed by atoms with Gasteiger partial charge in [-0.25, -0.2) is 0 Å². The second-order valence-electron chi connectivity index (χ2n) is 6.17. The van der Waals surface area contributed by atoms with Crippen molar-refractivity contribution in [2.75, 3.05) is 26.7 Å². The molecule has 0 aromatic carbocycles. The van der Waals surface area contributed by atoms with Crippen LogP contribution in [0.4, 0.5) is 0 Å². The van der Waals surface area contributed by atoms with E-state index in [9.17, 15) is 4.79 Å². The number of likely N-dealkylation sites (tertiary alicyclic amines) is 1. The number of rotatable bonds is 7. The van der Waals surface area contributed by atoms with Crippen LogP contribution in [-0.4, -0.2) is 49.2 Å². The Morgan fingerprint density at radius 2 is 2.21 bits per heavy atom. The molecule has 0 aromatic rings. The van der Waals surface area contributed by atoms with Gasteiger partial charge >= 0.3 is 5.97 Å². The number of ether oxygens (including phenoxy) is 1. The molecule has 0 aromatic heterocycles. The van der Waals surface area contributed by atoms with E-state index in [0.29, 0.717) is 12.0 Å². The van der Waals surface area contributed by atoms with Gasteiger partial charge in [0, 0.05) is 12.6 Å². The van der Waals surface area contributed by atoms with E-state index in [2.05, 4.69) is 31.0 Å². The fourth-order valence-electron chi connectivity index (χ4n) is 3.03. The predicted molar refractivity (Wildman–Crippen MR) is 78.1 cm³/mol. The molecule has 0 saturated carbocycles. The number of carbonyl (C=O) groups is 1. The molecule has 0 aliphatic carbocycles. The van der Waals surface area contributed by atoms with E-state index in [1.54, 1.807) is 0 Å². The monoisotopic (exact) mass is 270 g/mol. The molecule has 1 aliphatic rings. The zero-order valence-corrected chi connectivity index (χ0v) is 13.2. The smallest absolute Gasteiger partial charge is 0.327 e. The van der Waals surface area contributed by atoms with Gasteiger partial charge < -0.3 is 10.1 Å². The van der Waals surface area contributed by atoms with Crippen molar-refractivity contribution in [2.45, 2.75) is 58.5 Å². The maximum Gasteiger partial charge on any atom is 0.327 e. The first kappa shape index (κ1) is 16.4. The maximum atomic E-state index is 12.1. The molecule has 4 nitrogen and oxygen atoms in total. The van der Waals surface area contributed by atoms with Crippen molar-refractivity contribution in [2.24, 2.45) is 5.92 Å². The van der Waals surface area contributed by atoms with Gasteiger partial charge in [0.2, 0.25) is 0 Å². The van der Waals surface area contributed by atoms with Crippen molar-refractivity contribution in [3.63, 3.8) is 0 Å². The lowest BCUT2D eigenvalue weighted by Gasteiger charge is -2.36. The maximum absolute atomic E-state index is 12.1. The zero-order chi connectivity index (χ0) is 14.5. The van der Waals surface area contributed by atoms with Crippen LogP contribution in [0.2, 0.25) is 0 Å². The molecule has 1 saturated heterocycles. The fourth-order valence-corrected chi connectivity index (χ4v) is 3.03. The molecule has 4 heteroatoms. The molecule has 2 unspecified atom stereocenters. The van der Waals surface area contributed by atoms with Gasteiger partial charge in [0.1, 0.15) is 5.54 Å². The van der Waals surface area contributed by atoms with Gasteiger partial charge in [-0.3, -0.25) is 9.69 Å². The summed E-state index contributed by atoms with van der Waals surface area (Å²) >= 11 is 0. The van der Waals surface area contributed by atoms with Crippen LogP contribution in [0.1, 0.15) is 47.0 Å². The second kappa shape index (κ2) is 7.25. The lowest BCUT2D eigenvalue weighted by Crippen LogP contribution is -2.58. The minimum Gasteiger partial charge on any atom is -0.468 e. The Hall–Kier alpha value is -0.610. The van der Waals surface area contributed by atoms with E-state index in [4.69, 9.17) is 4.74 Å². The number of carbonyl (C=O) groups excluding carboxylic acids is 1. The number of methoxy groups -OCH3 is 1. The Balaban J connectivity index is 2.73. The Bertz CT molecular complexity index is 294. The number of hydrogen-bond donors (Lipinski definition) is 1. The summed E-state index contributed by atoms with van der Waals surface area (Å²) in [5.41, 5.74) is -0.595. The first-order valence-electron chi connectivity index (χ1n) is 7.52. The molecule has 0 spiro atoms. The largest absolute Gasteiger partial charge is 0.468 e. The molecule has 1 heterocycles. The molecule has 112 valence electrons. The molecule has 1 rings (SSSR count). The normalized spacial score (nSPS) is 23.6. The fraction of sp³-hybridized carbons (Fsp3) is 0.933. The van der Waals surface area contributed by atoms with E-state index in [0.717, 1.165) is 26.1 Å². The molecule has 19 heavy (non-hydrogen) atoms. The highest BCUT2D eigenvalue weighted by molar-refractivity contribution is 5.80. The molecule has 0 amide bonds. The number of nitrogens with one attached hydrogen (secondary N) is 1. The Morgan fingerprint density at radius 1 is 1.53 bits per heavy atom. The van der Waals surface area contributed by atoms with Crippen LogP contribution in [0.15, 0.2) is 0 Å². The van der Waals surface area contributed by atoms with Crippen LogP contribution in [0, 0.1) is 5.92 Å². The molecule has 0 radical (unpaired) electrons. The Kier molecular flexibility index (Phi) is 6.27. The summed E-state index contributed by atoms with van der Waals surface area (Å²) in [6, 6.07) is 0.590. The van der Waals surface area contributed by atoms with E-state index in [1.807, 2.05) is 6.92 Å². The van der Waals surface area contributed by atoms with Crippen molar-refractivity contribution < 1.29 is 9.53 Å². The lowest BCUT2D eigenvalue weighted by atomic mass is 9.97. The van der Waals surface area contributed by atoms with E-state index < -0.39 is 5.54 Å². The van der Waals surface area contributed by atoms with E-state index in [1.165, 1.54) is 20.0 Å². The molecule has 1 aliphatic heterocycles. The summed E-state index contributed by atoms with van der Waals surface area (Å²) in [6.07, 6.45) is 3.48. The SMILES string of the molecule is CCCNC(C)(CN1CCCC1C(C)C)C(=O)OC. The van der Waals surface area contributed by atoms with Gasteiger partial charge in [-0.1, -0.05) is 20.8 Å². The summed E-state index contributed by atoms with van der Waals surface area (Å²) in [6.45, 7) is 11.3. The van der Waals surface area contributed by atoms with Crippen molar-refractivity contribution in [1.82, 2.24) is 10.2 Å². The standard InChI is InChI=1S/C15H30N2O2/c1-6-9-16-15(4,14(18)19-5)11-17-10-7-8-13(17)12(2)3/h12-13,16H,6-11H2,1-5H3. The van der Waals surface area contributed by atoms with Gasteiger partial charge in [0.25, 0.3) is 0 Å². The quantitative estimate of drug-likeness (QED) is 0.719. The molecule has 2 atom stereocenters. The highest BCUT2D eigenvalue weighted by atomic mass is 16.5. The minimum absolute atomic E-state index is 0.157. The number of nitrogens with zero attached hydrogens (tertiary/aromatic N) is 1. The van der Waals surface area contributed by atoms with Crippen LogP contribution in [0.5, 0.6) is 0 Å². The second-order valence-corrected chi connectivity index (χ2v) is 6.17. The highest BCUT2D eigenvalue weighted by Gasteiger charge is 2.39.